The molecule has 0 aliphatic carbocycles. The van der Waals surface area contributed by atoms with Crippen LogP contribution in [0.2, 0.25) is 0 Å². The number of hydrogen-bond acceptors (Lipinski definition) is 6. The van der Waals surface area contributed by atoms with Crippen molar-refractivity contribution in [3.05, 3.63) is 12.4 Å². The van der Waals surface area contributed by atoms with E-state index in [1.807, 2.05) is 25.1 Å². The lowest BCUT2D eigenvalue weighted by atomic mass is 10.3. The molecule has 0 radical (unpaired) electrons. The van der Waals surface area contributed by atoms with Gasteiger partial charge in [-0.3, -0.25) is 4.79 Å². The molecule has 0 aliphatic rings. The van der Waals surface area contributed by atoms with Crippen LogP contribution in [0.25, 0.3) is 0 Å². The van der Waals surface area contributed by atoms with Gasteiger partial charge in [0.25, 0.3) is 0 Å². The SMILES string of the molecule is CCCN(C)c1cc(N(C)CCC(=O)OC)ncn1. The zero-order chi connectivity index (χ0) is 14.3. The van der Waals surface area contributed by atoms with Crippen LogP contribution in [-0.4, -0.2) is 50.2 Å². The molecular formula is C13H22N4O2. The second-order valence-corrected chi connectivity index (χ2v) is 4.40. The molecule has 0 bridgehead atoms. The molecule has 6 heteroatoms. The smallest absolute Gasteiger partial charge is 0.307 e. The summed E-state index contributed by atoms with van der Waals surface area (Å²) in [5.74, 6) is 1.47. The first-order chi connectivity index (χ1) is 9.08. The van der Waals surface area contributed by atoms with E-state index in [0.717, 1.165) is 24.6 Å². The van der Waals surface area contributed by atoms with E-state index in [-0.39, 0.29) is 5.97 Å². The highest BCUT2D eigenvalue weighted by Crippen LogP contribution is 2.15. The molecule has 0 unspecified atom stereocenters. The minimum Gasteiger partial charge on any atom is -0.469 e. The van der Waals surface area contributed by atoms with Crippen LogP contribution in [0.5, 0.6) is 0 Å². The summed E-state index contributed by atoms with van der Waals surface area (Å²) in [5, 5.41) is 0. The Morgan fingerprint density at radius 1 is 1.21 bits per heavy atom. The third-order valence-electron chi connectivity index (χ3n) is 2.86. The van der Waals surface area contributed by atoms with Crippen LogP contribution in [0.1, 0.15) is 19.8 Å². The number of carbonyl (C=O) groups excluding carboxylic acids is 1. The highest BCUT2D eigenvalue weighted by atomic mass is 16.5. The predicted octanol–water partition coefficient (Wildman–Crippen LogP) is 1.32. The number of esters is 1. The third-order valence-corrected chi connectivity index (χ3v) is 2.86. The standard InChI is InChI=1S/C13H22N4O2/c1-5-7-16(2)11-9-12(15-10-14-11)17(3)8-6-13(18)19-4/h9-10H,5-8H2,1-4H3. The molecule has 0 N–H and O–H groups in total. The lowest BCUT2D eigenvalue weighted by Gasteiger charge is -2.21. The van der Waals surface area contributed by atoms with Crippen molar-refractivity contribution < 1.29 is 9.53 Å². The second kappa shape index (κ2) is 7.56. The molecule has 1 aromatic rings. The number of anilines is 2. The molecule has 0 atom stereocenters. The molecule has 0 saturated carbocycles. The summed E-state index contributed by atoms with van der Waals surface area (Å²) in [4.78, 5) is 23.6. The normalized spacial score (nSPS) is 10.1. The van der Waals surface area contributed by atoms with Crippen LogP contribution in [0.15, 0.2) is 12.4 Å². The monoisotopic (exact) mass is 266 g/mol. The van der Waals surface area contributed by atoms with Crippen LogP contribution in [-0.2, 0) is 9.53 Å². The molecule has 0 aliphatic heterocycles. The molecule has 0 saturated heterocycles. The van der Waals surface area contributed by atoms with Gasteiger partial charge in [-0.2, -0.15) is 0 Å². The van der Waals surface area contributed by atoms with E-state index in [4.69, 9.17) is 0 Å². The summed E-state index contributed by atoms with van der Waals surface area (Å²) in [6.45, 7) is 3.64. The summed E-state index contributed by atoms with van der Waals surface area (Å²) in [7, 11) is 5.30. The minimum atomic E-state index is -0.218. The number of rotatable bonds is 7. The van der Waals surface area contributed by atoms with E-state index in [9.17, 15) is 4.79 Å². The largest absolute Gasteiger partial charge is 0.469 e. The average molecular weight is 266 g/mol. The van der Waals surface area contributed by atoms with Gasteiger partial charge in [0, 0.05) is 33.3 Å². The number of aromatic nitrogens is 2. The second-order valence-electron chi connectivity index (χ2n) is 4.40. The Kier molecular flexibility index (Phi) is 6.05. The zero-order valence-electron chi connectivity index (χ0n) is 12.1. The Labute approximate surface area is 114 Å². The number of ether oxygens (including phenoxy) is 1. The highest BCUT2D eigenvalue weighted by molar-refractivity contribution is 5.69. The molecule has 0 amide bonds. The van der Waals surface area contributed by atoms with Crippen LogP contribution < -0.4 is 9.80 Å². The van der Waals surface area contributed by atoms with Gasteiger partial charge in [-0.1, -0.05) is 6.92 Å². The molecular weight excluding hydrogens is 244 g/mol. The fourth-order valence-corrected chi connectivity index (χ4v) is 1.68. The average Bonchev–Trinajstić information content (AvgIpc) is 2.44. The number of nitrogens with zero attached hydrogens (tertiary/aromatic N) is 4. The van der Waals surface area contributed by atoms with E-state index in [2.05, 4.69) is 26.5 Å². The first-order valence-corrected chi connectivity index (χ1v) is 6.39. The highest BCUT2D eigenvalue weighted by Gasteiger charge is 2.09. The van der Waals surface area contributed by atoms with E-state index < -0.39 is 0 Å². The van der Waals surface area contributed by atoms with Crippen molar-refractivity contribution in [2.24, 2.45) is 0 Å². The van der Waals surface area contributed by atoms with E-state index in [1.165, 1.54) is 7.11 Å². The Bertz CT molecular complexity index is 411. The number of carbonyl (C=O) groups is 1. The molecule has 0 aromatic carbocycles. The molecule has 106 valence electrons. The van der Waals surface area contributed by atoms with Crippen molar-refractivity contribution >= 4 is 17.6 Å². The maximum Gasteiger partial charge on any atom is 0.307 e. The third kappa shape index (κ3) is 4.73. The van der Waals surface area contributed by atoms with Crippen LogP contribution in [0.3, 0.4) is 0 Å². The van der Waals surface area contributed by atoms with Crippen LogP contribution in [0, 0.1) is 0 Å². The Morgan fingerprint density at radius 3 is 2.32 bits per heavy atom. The summed E-state index contributed by atoms with van der Waals surface area (Å²) < 4.78 is 4.62. The maximum absolute atomic E-state index is 11.1. The Balaban J connectivity index is 2.67. The molecule has 1 heterocycles. The van der Waals surface area contributed by atoms with Crippen LogP contribution >= 0.6 is 0 Å². The predicted molar refractivity (Wildman–Crippen MR) is 75.5 cm³/mol. The van der Waals surface area contributed by atoms with Crippen molar-refractivity contribution in [3.63, 3.8) is 0 Å². The topological polar surface area (TPSA) is 58.6 Å². The lowest BCUT2D eigenvalue weighted by Crippen LogP contribution is -2.24. The fourth-order valence-electron chi connectivity index (χ4n) is 1.68. The van der Waals surface area contributed by atoms with Gasteiger partial charge in [0.1, 0.15) is 18.0 Å². The summed E-state index contributed by atoms with van der Waals surface area (Å²) in [6.07, 6.45) is 2.95. The molecule has 0 fully saturated rings. The fraction of sp³-hybridized carbons (Fsp3) is 0.615. The zero-order valence-corrected chi connectivity index (χ0v) is 12.1. The van der Waals surface area contributed by atoms with Crippen molar-refractivity contribution in [1.29, 1.82) is 0 Å². The van der Waals surface area contributed by atoms with Gasteiger partial charge in [-0.25, -0.2) is 9.97 Å². The lowest BCUT2D eigenvalue weighted by molar-refractivity contribution is -0.140. The molecule has 19 heavy (non-hydrogen) atoms. The van der Waals surface area contributed by atoms with Crippen molar-refractivity contribution in [1.82, 2.24) is 9.97 Å². The Morgan fingerprint density at radius 2 is 1.79 bits per heavy atom. The summed E-state index contributed by atoms with van der Waals surface area (Å²) in [5.41, 5.74) is 0. The van der Waals surface area contributed by atoms with Gasteiger partial charge >= 0.3 is 5.97 Å². The minimum absolute atomic E-state index is 0.218. The first kappa shape index (κ1) is 15.2. The van der Waals surface area contributed by atoms with Gasteiger partial charge in [-0.15, -0.1) is 0 Å². The van der Waals surface area contributed by atoms with Gasteiger partial charge in [0.2, 0.25) is 0 Å². The number of methoxy groups -OCH3 is 1. The number of hydrogen-bond donors (Lipinski definition) is 0. The maximum atomic E-state index is 11.1. The van der Waals surface area contributed by atoms with E-state index >= 15 is 0 Å². The van der Waals surface area contributed by atoms with Gasteiger partial charge in [-0.05, 0) is 6.42 Å². The van der Waals surface area contributed by atoms with Gasteiger partial charge in [0.05, 0.1) is 13.5 Å². The summed E-state index contributed by atoms with van der Waals surface area (Å²) in [6, 6.07) is 1.92. The quantitative estimate of drug-likeness (QED) is 0.694. The van der Waals surface area contributed by atoms with Crippen molar-refractivity contribution in [2.45, 2.75) is 19.8 Å². The summed E-state index contributed by atoms with van der Waals surface area (Å²) >= 11 is 0. The van der Waals surface area contributed by atoms with Crippen molar-refractivity contribution in [2.75, 3.05) is 44.1 Å². The molecule has 1 aromatic heterocycles. The molecule has 6 nitrogen and oxygen atoms in total. The Hall–Kier alpha value is -1.85. The molecule has 0 spiro atoms. The van der Waals surface area contributed by atoms with Crippen molar-refractivity contribution in [3.8, 4) is 0 Å². The van der Waals surface area contributed by atoms with Gasteiger partial charge in [0.15, 0.2) is 0 Å². The molecule has 1 rings (SSSR count). The van der Waals surface area contributed by atoms with E-state index in [0.29, 0.717) is 13.0 Å². The first-order valence-electron chi connectivity index (χ1n) is 6.39. The van der Waals surface area contributed by atoms with Gasteiger partial charge < -0.3 is 14.5 Å². The van der Waals surface area contributed by atoms with Crippen LogP contribution in [0.4, 0.5) is 11.6 Å². The van der Waals surface area contributed by atoms with E-state index in [1.54, 1.807) is 6.33 Å².